The van der Waals surface area contributed by atoms with Crippen LogP contribution in [0.4, 0.5) is 0 Å². The normalized spacial score (nSPS) is 10.8. The predicted octanol–water partition coefficient (Wildman–Crippen LogP) is 5.49. The van der Waals surface area contributed by atoms with E-state index in [9.17, 15) is 0 Å². The van der Waals surface area contributed by atoms with Gasteiger partial charge in [-0.2, -0.15) is 0 Å². The molecular weight excluding hydrogens is 192 g/mol. The van der Waals surface area contributed by atoms with Gasteiger partial charge in [-0.15, -0.1) is 12.3 Å². The maximum Gasteiger partial charge on any atom is 0.00860 e. The highest BCUT2D eigenvalue weighted by molar-refractivity contribution is 4.83. The highest BCUT2D eigenvalue weighted by atomic mass is 14.0. The van der Waals surface area contributed by atoms with E-state index >= 15 is 0 Å². The van der Waals surface area contributed by atoms with E-state index in [0.717, 1.165) is 6.42 Å². The number of hydrogen-bond acceptors (Lipinski definition) is 0. The highest BCUT2D eigenvalue weighted by Crippen LogP contribution is 2.08. The fourth-order valence-corrected chi connectivity index (χ4v) is 1.75. The molecule has 0 heterocycles. The van der Waals surface area contributed by atoms with Gasteiger partial charge in [0.15, 0.2) is 0 Å². The molecule has 0 saturated heterocycles. The Kier molecular flexibility index (Phi) is 13.7. The Hall–Kier alpha value is -0.700. The third-order valence-electron chi connectivity index (χ3n) is 2.83. The Morgan fingerprint density at radius 1 is 0.812 bits per heavy atom. The fourth-order valence-electron chi connectivity index (χ4n) is 1.75. The molecule has 0 bridgehead atoms. The van der Waals surface area contributed by atoms with E-state index in [0.29, 0.717) is 0 Å². The van der Waals surface area contributed by atoms with Gasteiger partial charge in [0, 0.05) is 6.42 Å². The zero-order chi connectivity index (χ0) is 11.9. The van der Waals surface area contributed by atoms with Crippen molar-refractivity contribution in [3.05, 3.63) is 12.2 Å². The molecule has 0 aromatic rings. The van der Waals surface area contributed by atoms with Crippen LogP contribution in [0.2, 0.25) is 0 Å². The molecule has 92 valence electrons. The first-order valence-electron chi connectivity index (χ1n) is 7.00. The predicted molar refractivity (Wildman–Crippen MR) is 74.4 cm³/mol. The van der Waals surface area contributed by atoms with Crippen LogP contribution in [-0.2, 0) is 0 Å². The SMILES string of the molecule is C#CCCCCCCCC/C=C\CCCC. The van der Waals surface area contributed by atoms with Crippen molar-refractivity contribution in [3.63, 3.8) is 0 Å². The maximum atomic E-state index is 5.20. The van der Waals surface area contributed by atoms with Crippen LogP contribution in [0.5, 0.6) is 0 Å². The van der Waals surface area contributed by atoms with Crippen molar-refractivity contribution >= 4 is 0 Å². The van der Waals surface area contributed by atoms with Crippen LogP contribution in [0, 0.1) is 12.3 Å². The van der Waals surface area contributed by atoms with E-state index in [2.05, 4.69) is 25.0 Å². The first-order chi connectivity index (χ1) is 7.91. The summed E-state index contributed by atoms with van der Waals surface area (Å²) in [4.78, 5) is 0. The number of terminal acetylenes is 1. The molecule has 0 nitrogen and oxygen atoms in total. The molecule has 0 spiro atoms. The lowest BCUT2D eigenvalue weighted by Crippen LogP contribution is -1.79. The van der Waals surface area contributed by atoms with Gasteiger partial charge in [-0.1, -0.05) is 57.6 Å². The van der Waals surface area contributed by atoms with Crippen molar-refractivity contribution in [1.29, 1.82) is 0 Å². The molecule has 0 heteroatoms. The Morgan fingerprint density at radius 3 is 2.00 bits per heavy atom. The second-order valence-corrected chi connectivity index (χ2v) is 4.48. The second-order valence-electron chi connectivity index (χ2n) is 4.48. The summed E-state index contributed by atoms with van der Waals surface area (Å²) in [7, 11) is 0. The maximum absolute atomic E-state index is 5.20. The van der Waals surface area contributed by atoms with Gasteiger partial charge >= 0.3 is 0 Å². The minimum absolute atomic E-state index is 0.958. The molecule has 16 heavy (non-hydrogen) atoms. The molecule has 0 aromatic carbocycles. The lowest BCUT2D eigenvalue weighted by Gasteiger charge is -1.98. The standard InChI is InChI=1S/C16H28/c1-3-5-7-9-11-13-15-16-14-12-10-8-6-4-2/h1,10,12H,4-9,11,13-16H2,2H3/b12-10-. The Balaban J connectivity index is 2.98. The monoisotopic (exact) mass is 220 g/mol. The van der Waals surface area contributed by atoms with Crippen molar-refractivity contribution in [2.24, 2.45) is 0 Å². The zero-order valence-electron chi connectivity index (χ0n) is 11.0. The van der Waals surface area contributed by atoms with Gasteiger partial charge in [0.2, 0.25) is 0 Å². The molecule has 0 aliphatic heterocycles. The molecule has 0 radical (unpaired) electrons. The average Bonchev–Trinajstić information content (AvgIpc) is 2.31. The van der Waals surface area contributed by atoms with Crippen molar-refractivity contribution in [3.8, 4) is 12.3 Å². The van der Waals surface area contributed by atoms with Gasteiger partial charge in [0.1, 0.15) is 0 Å². The molecule has 0 atom stereocenters. The Morgan fingerprint density at radius 2 is 1.38 bits per heavy atom. The largest absolute Gasteiger partial charge is 0.120 e. The molecule has 0 saturated carbocycles. The van der Waals surface area contributed by atoms with Gasteiger partial charge in [0.05, 0.1) is 0 Å². The average molecular weight is 220 g/mol. The molecule has 0 aliphatic rings. The smallest absolute Gasteiger partial charge is 0.00860 e. The summed E-state index contributed by atoms with van der Waals surface area (Å²) < 4.78 is 0. The Bertz CT molecular complexity index is 183. The minimum Gasteiger partial charge on any atom is -0.120 e. The lowest BCUT2D eigenvalue weighted by atomic mass is 10.1. The van der Waals surface area contributed by atoms with E-state index < -0.39 is 0 Å². The molecule has 0 N–H and O–H groups in total. The third kappa shape index (κ3) is 13.3. The molecule has 0 rings (SSSR count). The van der Waals surface area contributed by atoms with E-state index in [1.54, 1.807) is 0 Å². The summed E-state index contributed by atoms with van der Waals surface area (Å²) in [5.41, 5.74) is 0. The number of allylic oxidation sites excluding steroid dienone is 2. The van der Waals surface area contributed by atoms with E-state index in [1.807, 2.05) is 0 Å². The molecule has 0 fully saturated rings. The van der Waals surface area contributed by atoms with E-state index in [-0.39, 0.29) is 0 Å². The van der Waals surface area contributed by atoms with Crippen LogP contribution in [0.25, 0.3) is 0 Å². The van der Waals surface area contributed by atoms with E-state index in [4.69, 9.17) is 6.42 Å². The van der Waals surface area contributed by atoms with Crippen LogP contribution in [-0.4, -0.2) is 0 Å². The van der Waals surface area contributed by atoms with Crippen molar-refractivity contribution in [2.75, 3.05) is 0 Å². The van der Waals surface area contributed by atoms with Crippen LogP contribution < -0.4 is 0 Å². The fraction of sp³-hybridized carbons (Fsp3) is 0.750. The molecule has 0 unspecified atom stereocenters. The van der Waals surface area contributed by atoms with Crippen molar-refractivity contribution in [1.82, 2.24) is 0 Å². The lowest BCUT2D eigenvalue weighted by molar-refractivity contribution is 0.602. The second kappa shape index (κ2) is 14.3. The van der Waals surface area contributed by atoms with Gasteiger partial charge in [-0.3, -0.25) is 0 Å². The van der Waals surface area contributed by atoms with Crippen LogP contribution in [0.1, 0.15) is 77.6 Å². The van der Waals surface area contributed by atoms with Crippen LogP contribution in [0.3, 0.4) is 0 Å². The summed E-state index contributed by atoms with van der Waals surface area (Å²) >= 11 is 0. The molecular formula is C16H28. The van der Waals surface area contributed by atoms with E-state index in [1.165, 1.54) is 64.2 Å². The van der Waals surface area contributed by atoms with Crippen molar-refractivity contribution in [2.45, 2.75) is 77.6 Å². The first kappa shape index (κ1) is 15.3. The zero-order valence-corrected chi connectivity index (χ0v) is 11.0. The molecule has 0 aromatic heterocycles. The minimum atomic E-state index is 0.958. The van der Waals surface area contributed by atoms with Gasteiger partial charge in [0.25, 0.3) is 0 Å². The quantitative estimate of drug-likeness (QED) is 0.245. The van der Waals surface area contributed by atoms with Crippen LogP contribution >= 0.6 is 0 Å². The van der Waals surface area contributed by atoms with Gasteiger partial charge in [-0.25, -0.2) is 0 Å². The van der Waals surface area contributed by atoms with Crippen molar-refractivity contribution < 1.29 is 0 Å². The summed E-state index contributed by atoms with van der Waals surface area (Å²) in [6.45, 7) is 2.24. The summed E-state index contributed by atoms with van der Waals surface area (Å²) in [6.07, 6.45) is 24.1. The van der Waals surface area contributed by atoms with Crippen LogP contribution in [0.15, 0.2) is 12.2 Å². The summed E-state index contributed by atoms with van der Waals surface area (Å²) in [6, 6.07) is 0. The molecule has 0 amide bonds. The topological polar surface area (TPSA) is 0 Å². The molecule has 0 aliphatic carbocycles. The van der Waals surface area contributed by atoms with Gasteiger partial charge < -0.3 is 0 Å². The van der Waals surface area contributed by atoms with Gasteiger partial charge in [-0.05, 0) is 25.7 Å². The number of rotatable bonds is 11. The highest BCUT2D eigenvalue weighted by Gasteiger charge is 1.89. The summed E-state index contributed by atoms with van der Waals surface area (Å²) in [5, 5.41) is 0. The first-order valence-corrected chi connectivity index (χ1v) is 7.00. The Labute approximate surface area is 103 Å². The number of hydrogen-bond donors (Lipinski definition) is 0. The summed E-state index contributed by atoms with van der Waals surface area (Å²) in [5.74, 6) is 2.69. The number of unbranched alkanes of at least 4 members (excludes halogenated alkanes) is 9. The third-order valence-corrected chi connectivity index (χ3v) is 2.83.